The Morgan fingerprint density at radius 3 is 2.42 bits per heavy atom. The third-order valence-corrected chi connectivity index (χ3v) is 5.46. The van der Waals surface area contributed by atoms with E-state index >= 15 is 0 Å². The number of nitrogens with zero attached hydrogens (tertiary/aromatic N) is 3. The van der Waals surface area contributed by atoms with E-state index in [0.29, 0.717) is 30.9 Å². The first-order valence-corrected chi connectivity index (χ1v) is 12.1. The molecule has 3 aromatic rings. The van der Waals surface area contributed by atoms with Crippen LogP contribution in [0.5, 0.6) is 0 Å². The Morgan fingerprint density at radius 1 is 1.09 bits per heavy atom. The van der Waals surface area contributed by atoms with Gasteiger partial charge in [0.2, 0.25) is 0 Å². The van der Waals surface area contributed by atoms with Crippen molar-refractivity contribution in [1.82, 2.24) is 24.8 Å². The number of benzene rings is 2. The molecule has 3 rings (SSSR count). The minimum atomic E-state index is -3.73. The van der Waals surface area contributed by atoms with Crippen molar-refractivity contribution in [2.45, 2.75) is 31.9 Å². The summed E-state index contributed by atoms with van der Waals surface area (Å²) in [6.45, 7) is 0.345. The summed E-state index contributed by atoms with van der Waals surface area (Å²) in [4.78, 5) is 17.1. The molecule has 11 heteroatoms. The van der Waals surface area contributed by atoms with Crippen LogP contribution < -0.4 is 15.2 Å². The Balaban J connectivity index is 1.67. The predicted octanol–water partition coefficient (Wildman–Crippen LogP) is 2.41. The molecule has 1 amide bonds. The highest BCUT2D eigenvalue weighted by molar-refractivity contribution is 7.87. The van der Waals surface area contributed by atoms with Crippen LogP contribution in [0, 0.1) is 0 Å². The molecule has 1 atom stereocenters. The van der Waals surface area contributed by atoms with E-state index in [2.05, 4.69) is 20.1 Å². The number of carbonyl (C=O) groups excluding carboxylic acids is 1. The van der Waals surface area contributed by atoms with Crippen LogP contribution >= 0.6 is 0 Å². The lowest BCUT2D eigenvalue weighted by Gasteiger charge is -2.16. The van der Waals surface area contributed by atoms with E-state index in [1.54, 1.807) is 11.7 Å². The zero-order chi connectivity index (χ0) is 23.7. The number of ether oxygens (including phenoxy) is 1. The molecule has 0 saturated carbocycles. The van der Waals surface area contributed by atoms with E-state index in [0.717, 1.165) is 11.1 Å². The van der Waals surface area contributed by atoms with Gasteiger partial charge in [0.15, 0.2) is 11.6 Å². The topological polar surface area (TPSA) is 141 Å². The van der Waals surface area contributed by atoms with Crippen LogP contribution in [-0.4, -0.2) is 35.8 Å². The van der Waals surface area contributed by atoms with Crippen molar-refractivity contribution in [3.8, 4) is 11.4 Å². The molecule has 10 nitrogen and oxygen atoms in total. The fraction of sp³-hybridized carbons (Fsp3) is 0.318. The molecule has 1 aromatic heterocycles. The van der Waals surface area contributed by atoms with Crippen molar-refractivity contribution in [2.24, 2.45) is 12.2 Å². The van der Waals surface area contributed by atoms with E-state index in [-0.39, 0.29) is 13.2 Å². The van der Waals surface area contributed by atoms with Crippen molar-refractivity contribution >= 4 is 16.3 Å². The highest BCUT2D eigenvalue weighted by atomic mass is 32.2. The van der Waals surface area contributed by atoms with Crippen LogP contribution in [0.4, 0.5) is 4.79 Å². The van der Waals surface area contributed by atoms with Gasteiger partial charge in [-0.3, -0.25) is 0 Å². The lowest BCUT2D eigenvalue weighted by molar-refractivity contribution is 0.134. The van der Waals surface area contributed by atoms with Gasteiger partial charge in [0.1, 0.15) is 6.61 Å². The Bertz CT molecular complexity index is 1140. The zero-order valence-electron chi connectivity index (χ0n) is 18.3. The maximum atomic E-state index is 12.5. The van der Waals surface area contributed by atoms with E-state index in [1.807, 2.05) is 60.7 Å². The fourth-order valence-corrected chi connectivity index (χ4v) is 3.68. The molecule has 0 unspecified atom stereocenters. The van der Waals surface area contributed by atoms with Crippen LogP contribution in [0.3, 0.4) is 0 Å². The van der Waals surface area contributed by atoms with Gasteiger partial charge in [-0.25, -0.2) is 24.3 Å². The molecule has 1 heterocycles. The van der Waals surface area contributed by atoms with Gasteiger partial charge in [-0.05, 0) is 24.8 Å². The first-order valence-electron chi connectivity index (χ1n) is 10.5. The summed E-state index contributed by atoms with van der Waals surface area (Å²) in [6, 6.07) is 18.5. The van der Waals surface area contributed by atoms with Crippen molar-refractivity contribution in [1.29, 1.82) is 0 Å². The number of hydrogen-bond acceptors (Lipinski definition) is 6. The molecule has 0 aliphatic heterocycles. The second-order valence-corrected chi connectivity index (χ2v) is 8.86. The predicted molar refractivity (Wildman–Crippen MR) is 124 cm³/mol. The second kappa shape index (κ2) is 11.5. The van der Waals surface area contributed by atoms with E-state index in [9.17, 15) is 13.2 Å². The lowest BCUT2D eigenvalue weighted by atomic mass is 10.1. The third kappa shape index (κ3) is 7.97. The first kappa shape index (κ1) is 24.4. The number of nitrogens with two attached hydrogens (primary N) is 1. The fourth-order valence-electron chi connectivity index (χ4n) is 3.25. The maximum absolute atomic E-state index is 12.5. The molecule has 2 aromatic carbocycles. The van der Waals surface area contributed by atoms with Gasteiger partial charge < -0.3 is 10.1 Å². The Kier molecular flexibility index (Phi) is 8.52. The van der Waals surface area contributed by atoms with Crippen LogP contribution in [0.1, 0.15) is 36.7 Å². The number of hydrogen-bond donors (Lipinski definition) is 3. The molecule has 0 radical (unpaired) electrons. The molecular weight excluding hydrogens is 444 g/mol. The van der Waals surface area contributed by atoms with E-state index in [4.69, 9.17) is 9.88 Å². The molecule has 0 spiro atoms. The standard InChI is InChI=1S/C22H28N6O4S/c1-28-21(18-12-6-3-7-13-18)26-20(27-28)19(14-8-9-15-24-33(23,30)31)25-22(29)32-16-17-10-4-2-5-11-17/h2-7,10-13,19,24H,8-9,14-16H2,1H3,(H,25,29)(H2,23,30,31)/t19-/m0/s1. The molecule has 176 valence electrons. The third-order valence-electron chi connectivity index (χ3n) is 4.85. The molecule has 33 heavy (non-hydrogen) atoms. The Labute approximate surface area is 193 Å². The molecule has 0 aliphatic carbocycles. The van der Waals surface area contributed by atoms with Gasteiger partial charge >= 0.3 is 6.09 Å². The minimum absolute atomic E-state index is 0.141. The minimum Gasteiger partial charge on any atom is -0.445 e. The molecule has 0 bridgehead atoms. The first-order chi connectivity index (χ1) is 15.8. The number of carbonyl (C=O) groups is 1. The number of unbranched alkanes of at least 4 members (excludes halogenated alkanes) is 1. The van der Waals surface area contributed by atoms with E-state index < -0.39 is 22.3 Å². The number of aromatic nitrogens is 3. The summed E-state index contributed by atoms with van der Waals surface area (Å²) >= 11 is 0. The van der Waals surface area contributed by atoms with E-state index in [1.165, 1.54) is 0 Å². The summed E-state index contributed by atoms with van der Waals surface area (Å²) in [5, 5.41) is 12.3. The quantitative estimate of drug-likeness (QED) is 0.366. The van der Waals surface area contributed by atoms with Crippen molar-refractivity contribution in [3.05, 3.63) is 72.1 Å². The summed E-state index contributed by atoms with van der Waals surface area (Å²) in [6.07, 6.45) is 1.04. The van der Waals surface area contributed by atoms with Gasteiger partial charge in [0.05, 0.1) is 6.04 Å². The summed E-state index contributed by atoms with van der Waals surface area (Å²) in [5.41, 5.74) is 1.78. The monoisotopic (exact) mass is 472 g/mol. The van der Waals surface area contributed by atoms with Crippen LogP contribution in [0.15, 0.2) is 60.7 Å². The number of nitrogens with one attached hydrogen (secondary N) is 2. The highest BCUT2D eigenvalue weighted by Gasteiger charge is 2.22. The van der Waals surface area contributed by atoms with Gasteiger partial charge in [-0.2, -0.15) is 13.5 Å². The molecular formula is C22H28N6O4S. The number of alkyl carbamates (subject to hydrolysis) is 1. The second-order valence-electron chi connectivity index (χ2n) is 7.48. The largest absolute Gasteiger partial charge is 0.445 e. The smallest absolute Gasteiger partial charge is 0.408 e. The number of aryl methyl sites for hydroxylation is 1. The van der Waals surface area contributed by atoms with Crippen LogP contribution in [0.2, 0.25) is 0 Å². The Hall–Kier alpha value is -3.28. The average Bonchev–Trinajstić information content (AvgIpc) is 3.18. The lowest BCUT2D eigenvalue weighted by Crippen LogP contribution is -2.32. The summed E-state index contributed by atoms with van der Waals surface area (Å²) < 4.78 is 31.3. The normalized spacial score (nSPS) is 12.3. The SMILES string of the molecule is Cn1nc([C@H](CCCCNS(N)(=O)=O)NC(=O)OCc2ccccc2)nc1-c1ccccc1. The number of rotatable bonds is 11. The maximum Gasteiger partial charge on any atom is 0.408 e. The molecule has 0 saturated heterocycles. The number of amides is 1. The van der Waals surface area contributed by atoms with Crippen molar-refractivity contribution in [3.63, 3.8) is 0 Å². The van der Waals surface area contributed by atoms with Gasteiger partial charge in [-0.1, -0.05) is 60.7 Å². The van der Waals surface area contributed by atoms with Gasteiger partial charge in [-0.15, -0.1) is 0 Å². The molecule has 4 N–H and O–H groups in total. The summed E-state index contributed by atoms with van der Waals surface area (Å²) in [5.74, 6) is 1.12. The van der Waals surface area contributed by atoms with Crippen LogP contribution in [-0.2, 0) is 28.6 Å². The van der Waals surface area contributed by atoms with Crippen molar-refractivity contribution < 1.29 is 17.9 Å². The van der Waals surface area contributed by atoms with Gasteiger partial charge in [0.25, 0.3) is 10.2 Å². The molecule has 0 fully saturated rings. The molecule has 0 aliphatic rings. The zero-order valence-corrected chi connectivity index (χ0v) is 19.2. The highest BCUT2D eigenvalue weighted by Crippen LogP contribution is 2.22. The average molecular weight is 473 g/mol. The summed E-state index contributed by atoms with van der Waals surface area (Å²) in [7, 11) is -1.94. The Morgan fingerprint density at radius 2 is 1.76 bits per heavy atom. The van der Waals surface area contributed by atoms with Gasteiger partial charge in [0, 0.05) is 19.2 Å². The van der Waals surface area contributed by atoms with Crippen LogP contribution in [0.25, 0.3) is 11.4 Å². The van der Waals surface area contributed by atoms with Crippen molar-refractivity contribution in [2.75, 3.05) is 6.54 Å².